The molecule has 2 bridgehead atoms. The molecule has 0 spiro atoms. The first kappa shape index (κ1) is 17.2. The van der Waals surface area contributed by atoms with Crippen LogP contribution in [0.25, 0.3) is 0 Å². The van der Waals surface area contributed by atoms with E-state index in [1.807, 2.05) is 0 Å². The number of rotatable bonds is 6. The molecule has 20 heavy (non-hydrogen) atoms. The molecule has 2 heterocycles. The van der Waals surface area contributed by atoms with Gasteiger partial charge in [-0.15, -0.1) is 25.6 Å². The Morgan fingerprint density at radius 2 is 1.85 bits per heavy atom. The molecule has 114 valence electrons. The molecule has 1 N–H and O–H groups in total. The van der Waals surface area contributed by atoms with Gasteiger partial charge in [0, 0.05) is 38.3 Å². The predicted octanol–water partition coefficient (Wildman–Crippen LogP) is 1.44. The summed E-state index contributed by atoms with van der Waals surface area (Å²) < 4.78 is 0. The molecular weight excluding hydrogens is 274 g/mol. The Morgan fingerprint density at radius 3 is 2.50 bits per heavy atom. The highest BCUT2D eigenvalue weighted by Crippen LogP contribution is 2.20. The lowest BCUT2D eigenvalue weighted by molar-refractivity contribution is -0.131. The maximum Gasteiger partial charge on any atom is 0.237 e. The minimum absolute atomic E-state index is 0. The summed E-state index contributed by atoms with van der Waals surface area (Å²) in [4.78, 5) is 16.4. The van der Waals surface area contributed by atoms with E-state index in [0.717, 1.165) is 19.5 Å². The fourth-order valence-corrected chi connectivity index (χ4v) is 3.04. The molecule has 0 aliphatic carbocycles. The van der Waals surface area contributed by atoms with Crippen LogP contribution in [-0.4, -0.2) is 60.5 Å². The van der Waals surface area contributed by atoms with E-state index in [9.17, 15) is 4.79 Å². The number of carbonyl (C=O) groups excluding carboxylic acids is 1. The van der Waals surface area contributed by atoms with Crippen LogP contribution in [0.1, 0.15) is 19.3 Å². The fourth-order valence-electron chi connectivity index (χ4n) is 3.04. The number of hydrogen-bond acceptors (Lipinski definition) is 3. The SMILES string of the molecule is C=CCN(CC=C)C(=O)CN1CCC2CCC(C1)N2.Cl. The highest BCUT2D eigenvalue weighted by molar-refractivity contribution is 5.85. The molecule has 5 heteroatoms. The minimum Gasteiger partial charge on any atom is -0.334 e. The smallest absolute Gasteiger partial charge is 0.237 e. The molecule has 2 aliphatic rings. The number of carbonyl (C=O) groups is 1. The lowest BCUT2D eigenvalue weighted by Crippen LogP contribution is -2.43. The van der Waals surface area contributed by atoms with Crippen molar-refractivity contribution >= 4 is 18.3 Å². The Kier molecular flexibility index (Phi) is 7.27. The van der Waals surface area contributed by atoms with Crippen LogP contribution in [0.15, 0.2) is 25.3 Å². The summed E-state index contributed by atoms with van der Waals surface area (Å²) in [5, 5.41) is 3.64. The summed E-state index contributed by atoms with van der Waals surface area (Å²) in [5.41, 5.74) is 0. The topological polar surface area (TPSA) is 35.6 Å². The zero-order chi connectivity index (χ0) is 13.7. The van der Waals surface area contributed by atoms with Gasteiger partial charge in [0.1, 0.15) is 0 Å². The van der Waals surface area contributed by atoms with E-state index in [-0.39, 0.29) is 18.3 Å². The van der Waals surface area contributed by atoms with Crippen molar-refractivity contribution in [2.24, 2.45) is 0 Å². The average molecular weight is 300 g/mol. The molecule has 1 amide bonds. The van der Waals surface area contributed by atoms with Gasteiger partial charge in [0.05, 0.1) is 6.54 Å². The van der Waals surface area contributed by atoms with Gasteiger partial charge in [-0.1, -0.05) is 12.2 Å². The molecule has 0 aromatic heterocycles. The Bertz CT molecular complexity index is 338. The largest absolute Gasteiger partial charge is 0.334 e. The van der Waals surface area contributed by atoms with Crippen molar-refractivity contribution in [1.29, 1.82) is 0 Å². The Labute approximate surface area is 128 Å². The lowest BCUT2D eigenvalue weighted by atomic mass is 10.1. The quantitative estimate of drug-likeness (QED) is 0.754. The number of likely N-dealkylation sites (tertiary alicyclic amines) is 1. The van der Waals surface area contributed by atoms with E-state index in [1.165, 1.54) is 12.8 Å². The van der Waals surface area contributed by atoms with Gasteiger partial charge in [0.15, 0.2) is 0 Å². The van der Waals surface area contributed by atoms with Crippen LogP contribution in [0.2, 0.25) is 0 Å². The molecule has 2 atom stereocenters. The zero-order valence-electron chi connectivity index (χ0n) is 12.1. The van der Waals surface area contributed by atoms with Crippen LogP contribution in [-0.2, 0) is 4.79 Å². The average Bonchev–Trinajstić information content (AvgIpc) is 2.72. The van der Waals surface area contributed by atoms with Crippen molar-refractivity contribution in [2.45, 2.75) is 31.3 Å². The number of nitrogens with zero attached hydrogens (tertiary/aromatic N) is 2. The second kappa shape index (κ2) is 8.45. The third-order valence-corrected chi connectivity index (χ3v) is 4.02. The van der Waals surface area contributed by atoms with Crippen molar-refractivity contribution in [3.05, 3.63) is 25.3 Å². The van der Waals surface area contributed by atoms with Gasteiger partial charge < -0.3 is 10.2 Å². The number of nitrogens with one attached hydrogen (secondary N) is 1. The predicted molar refractivity (Wildman–Crippen MR) is 85.2 cm³/mol. The van der Waals surface area contributed by atoms with Gasteiger partial charge >= 0.3 is 0 Å². The zero-order valence-corrected chi connectivity index (χ0v) is 12.9. The van der Waals surface area contributed by atoms with Crippen molar-refractivity contribution in [2.75, 3.05) is 32.7 Å². The van der Waals surface area contributed by atoms with Gasteiger partial charge in [0.25, 0.3) is 0 Å². The Balaban J connectivity index is 0.00000200. The number of amides is 1. The van der Waals surface area contributed by atoms with Crippen LogP contribution >= 0.6 is 12.4 Å². The molecule has 2 saturated heterocycles. The molecule has 4 nitrogen and oxygen atoms in total. The molecule has 2 fully saturated rings. The monoisotopic (exact) mass is 299 g/mol. The number of hydrogen-bond donors (Lipinski definition) is 1. The first-order chi connectivity index (χ1) is 9.22. The summed E-state index contributed by atoms with van der Waals surface area (Å²) in [5.74, 6) is 0.178. The normalized spacial score (nSPS) is 25.4. The summed E-state index contributed by atoms with van der Waals surface area (Å²) in [6.07, 6.45) is 7.25. The summed E-state index contributed by atoms with van der Waals surface area (Å²) in [6, 6.07) is 1.25. The fraction of sp³-hybridized carbons (Fsp3) is 0.667. The summed E-state index contributed by atoms with van der Waals surface area (Å²) in [7, 11) is 0. The van der Waals surface area contributed by atoms with Gasteiger partial charge in [-0.05, 0) is 19.3 Å². The van der Waals surface area contributed by atoms with Gasteiger partial charge in [0.2, 0.25) is 5.91 Å². The van der Waals surface area contributed by atoms with E-state index in [1.54, 1.807) is 17.1 Å². The molecule has 0 radical (unpaired) electrons. The molecule has 2 aliphatic heterocycles. The maximum absolute atomic E-state index is 12.3. The van der Waals surface area contributed by atoms with Crippen molar-refractivity contribution in [1.82, 2.24) is 15.1 Å². The van der Waals surface area contributed by atoms with E-state index in [4.69, 9.17) is 0 Å². The molecule has 0 aromatic rings. The van der Waals surface area contributed by atoms with Crippen LogP contribution in [0, 0.1) is 0 Å². The number of fused-ring (bicyclic) bond motifs is 2. The second-order valence-corrected chi connectivity index (χ2v) is 5.54. The molecule has 0 aromatic carbocycles. The standard InChI is InChI=1S/C15H25N3O.ClH/c1-3-8-18(9-4-2)15(19)12-17-10-7-13-5-6-14(11-17)16-13;/h3-4,13-14,16H,1-2,5-12H2;1H. The Hall–Kier alpha value is -0.840. The third-order valence-electron chi connectivity index (χ3n) is 4.02. The van der Waals surface area contributed by atoms with Gasteiger partial charge in [-0.25, -0.2) is 0 Å². The van der Waals surface area contributed by atoms with Gasteiger partial charge in [-0.3, -0.25) is 9.69 Å². The van der Waals surface area contributed by atoms with E-state index >= 15 is 0 Å². The molecule has 0 saturated carbocycles. The van der Waals surface area contributed by atoms with Crippen molar-refractivity contribution < 1.29 is 4.79 Å². The van der Waals surface area contributed by atoms with Crippen LogP contribution in [0.4, 0.5) is 0 Å². The first-order valence-electron chi connectivity index (χ1n) is 7.21. The van der Waals surface area contributed by atoms with E-state index < -0.39 is 0 Å². The molecule has 2 rings (SSSR count). The van der Waals surface area contributed by atoms with Crippen LogP contribution in [0.5, 0.6) is 0 Å². The lowest BCUT2D eigenvalue weighted by Gasteiger charge is -2.27. The van der Waals surface area contributed by atoms with Crippen molar-refractivity contribution in [3.63, 3.8) is 0 Å². The highest BCUT2D eigenvalue weighted by Gasteiger charge is 2.30. The Morgan fingerprint density at radius 1 is 1.20 bits per heavy atom. The van der Waals surface area contributed by atoms with Crippen molar-refractivity contribution in [3.8, 4) is 0 Å². The second-order valence-electron chi connectivity index (χ2n) is 5.54. The highest BCUT2D eigenvalue weighted by atomic mass is 35.5. The number of halogens is 1. The summed E-state index contributed by atoms with van der Waals surface area (Å²) >= 11 is 0. The third kappa shape index (κ3) is 4.62. The maximum atomic E-state index is 12.3. The minimum atomic E-state index is 0. The molecular formula is C15H26ClN3O. The van der Waals surface area contributed by atoms with E-state index in [0.29, 0.717) is 31.7 Å². The van der Waals surface area contributed by atoms with Crippen LogP contribution < -0.4 is 5.32 Å². The molecule has 2 unspecified atom stereocenters. The van der Waals surface area contributed by atoms with Crippen LogP contribution in [0.3, 0.4) is 0 Å². The first-order valence-corrected chi connectivity index (χ1v) is 7.21. The summed E-state index contributed by atoms with van der Waals surface area (Å²) in [6.45, 7) is 11.2. The van der Waals surface area contributed by atoms with Gasteiger partial charge in [-0.2, -0.15) is 0 Å². The van der Waals surface area contributed by atoms with E-state index in [2.05, 4.69) is 23.4 Å².